The lowest BCUT2D eigenvalue weighted by Crippen LogP contribution is -2.37. The van der Waals surface area contributed by atoms with Crippen molar-refractivity contribution in [3.05, 3.63) is 70.8 Å². The fourth-order valence-electron chi connectivity index (χ4n) is 2.76. The minimum absolute atomic E-state index is 0. The third-order valence-corrected chi connectivity index (χ3v) is 4.41. The van der Waals surface area contributed by atoms with E-state index in [4.69, 9.17) is 4.74 Å². The molecular formula is C23H33IN4O2. The number of hydrogen-bond donors (Lipinski definition) is 3. The molecule has 0 aliphatic rings. The monoisotopic (exact) mass is 524 g/mol. The second-order valence-electron chi connectivity index (χ2n) is 7.06. The molecule has 6 nitrogen and oxygen atoms in total. The molecule has 2 aromatic rings. The molecule has 0 aliphatic heterocycles. The Kier molecular flexibility index (Phi) is 12.1. The highest BCUT2D eigenvalue weighted by atomic mass is 127. The number of guanidine groups is 1. The van der Waals surface area contributed by atoms with Crippen LogP contribution in [0.1, 0.15) is 40.9 Å². The van der Waals surface area contributed by atoms with E-state index in [1.807, 2.05) is 38.1 Å². The Morgan fingerprint density at radius 2 is 1.73 bits per heavy atom. The Hall–Kier alpha value is -2.13. The van der Waals surface area contributed by atoms with Gasteiger partial charge in [-0.15, -0.1) is 24.0 Å². The van der Waals surface area contributed by atoms with E-state index in [0.717, 1.165) is 24.5 Å². The maximum Gasteiger partial charge on any atom is 0.251 e. The Balaban J connectivity index is 0.00000450. The van der Waals surface area contributed by atoms with E-state index in [1.54, 1.807) is 14.1 Å². The Labute approximate surface area is 196 Å². The molecule has 3 N–H and O–H groups in total. The average molecular weight is 524 g/mol. The molecule has 0 saturated heterocycles. The molecule has 0 unspecified atom stereocenters. The normalized spacial score (nSPS) is 11.0. The van der Waals surface area contributed by atoms with Crippen LogP contribution in [-0.4, -0.2) is 38.6 Å². The van der Waals surface area contributed by atoms with Crippen molar-refractivity contribution in [1.29, 1.82) is 0 Å². The second-order valence-corrected chi connectivity index (χ2v) is 7.06. The number of carbonyl (C=O) groups excluding carboxylic acids is 1. The summed E-state index contributed by atoms with van der Waals surface area (Å²) < 4.78 is 5.62. The number of carbonyl (C=O) groups is 1. The third kappa shape index (κ3) is 9.13. The number of benzene rings is 2. The van der Waals surface area contributed by atoms with Crippen LogP contribution in [0.25, 0.3) is 0 Å². The summed E-state index contributed by atoms with van der Waals surface area (Å²) >= 11 is 0. The lowest BCUT2D eigenvalue weighted by molar-refractivity contribution is 0.0657. The third-order valence-electron chi connectivity index (χ3n) is 4.41. The van der Waals surface area contributed by atoms with Crippen molar-refractivity contribution in [2.24, 2.45) is 4.99 Å². The van der Waals surface area contributed by atoms with Crippen molar-refractivity contribution in [3.63, 3.8) is 0 Å². The first-order valence-electron chi connectivity index (χ1n) is 9.96. The zero-order valence-corrected chi connectivity index (χ0v) is 20.5. The SMILES string of the molecule is CN=C(NCCc1cccc(C(=O)NC)c1)NCc1ccc(COC(C)C)cc1.I. The molecule has 0 spiro atoms. The first-order chi connectivity index (χ1) is 14.0. The van der Waals surface area contributed by atoms with Crippen molar-refractivity contribution in [3.8, 4) is 0 Å². The minimum atomic E-state index is -0.0703. The first kappa shape index (κ1) is 25.9. The van der Waals surface area contributed by atoms with Gasteiger partial charge >= 0.3 is 0 Å². The predicted molar refractivity (Wildman–Crippen MR) is 134 cm³/mol. The Bertz CT molecular complexity index is 807. The fourth-order valence-corrected chi connectivity index (χ4v) is 2.76. The van der Waals surface area contributed by atoms with E-state index in [1.165, 1.54) is 11.1 Å². The number of halogens is 1. The lowest BCUT2D eigenvalue weighted by atomic mass is 10.1. The van der Waals surface area contributed by atoms with Gasteiger partial charge in [-0.25, -0.2) is 0 Å². The highest BCUT2D eigenvalue weighted by molar-refractivity contribution is 14.0. The van der Waals surface area contributed by atoms with Gasteiger partial charge in [0.2, 0.25) is 0 Å². The first-order valence-corrected chi connectivity index (χ1v) is 9.96. The zero-order valence-electron chi connectivity index (χ0n) is 18.2. The zero-order chi connectivity index (χ0) is 21.1. The van der Waals surface area contributed by atoms with Crippen LogP contribution in [0, 0.1) is 0 Å². The highest BCUT2D eigenvalue weighted by Gasteiger charge is 2.04. The van der Waals surface area contributed by atoms with Crippen LogP contribution in [0.4, 0.5) is 0 Å². The van der Waals surface area contributed by atoms with Crippen molar-refractivity contribution >= 4 is 35.8 Å². The van der Waals surface area contributed by atoms with Gasteiger partial charge in [0.1, 0.15) is 0 Å². The second kappa shape index (κ2) is 14.0. The molecule has 0 bridgehead atoms. The van der Waals surface area contributed by atoms with Gasteiger partial charge in [0.25, 0.3) is 5.91 Å². The van der Waals surface area contributed by atoms with E-state index < -0.39 is 0 Å². The molecule has 0 saturated carbocycles. The van der Waals surface area contributed by atoms with Crippen molar-refractivity contribution in [2.75, 3.05) is 20.6 Å². The van der Waals surface area contributed by atoms with Crippen LogP contribution < -0.4 is 16.0 Å². The molecule has 0 aliphatic carbocycles. The van der Waals surface area contributed by atoms with Gasteiger partial charge < -0.3 is 20.7 Å². The van der Waals surface area contributed by atoms with Gasteiger partial charge in [0.15, 0.2) is 5.96 Å². The van der Waals surface area contributed by atoms with Crippen LogP contribution in [0.2, 0.25) is 0 Å². The average Bonchev–Trinajstić information content (AvgIpc) is 2.75. The van der Waals surface area contributed by atoms with Crippen LogP contribution in [0.5, 0.6) is 0 Å². The van der Waals surface area contributed by atoms with Crippen LogP contribution in [-0.2, 0) is 24.3 Å². The molecule has 2 rings (SSSR count). The number of ether oxygens (including phenoxy) is 1. The number of aliphatic imine (C=N–C) groups is 1. The molecule has 0 fully saturated rings. The molecule has 0 heterocycles. The van der Waals surface area contributed by atoms with Gasteiger partial charge in [-0.05, 0) is 49.1 Å². The summed E-state index contributed by atoms with van der Waals surface area (Å²) in [6.45, 7) is 6.13. The molecule has 1 amide bonds. The van der Waals surface area contributed by atoms with Crippen molar-refractivity contribution in [2.45, 2.75) is 39.5 Å². The summed E-state index contributed by atoms with van der Waals surface area (Å²) in [5.74, 6) is 0.679. The van der Waals surface area contributed by atoms with Crippen LogP contribution in [0.15, 0.2) is 53.5 Å². The number of hydrogen-bond acceptors (Lipinski definition) is 3. The number of amides is 1. The molecule has 164 valence electrons. The molecular weight excluding hydrogens is 491 g/mol. The van der Waals surface area contributed by atoms with Gasteiger partial charge in [-0.2, -0.15) is 0 Å². The summed E-state index contributed by atoms with van der Waals surface area (Å²) in [5.41, 5.74) is 4.13. The number of nitrogens with one attached hydrogen (secondary N) is 3. The van der Waals surface area contributed by atoms with Crippen LogP contribution >= 0.6 is 24.0 Å². The highest BCUT2D eigenvalue weighted by Crippen LogP contribution is 2.07. The van der Waals surface area contributed by atoms with E-state index >= 15 is 0 Å². The summed E-state index contributed by atoms with van der Waals surface area (Å²) in [5, 5.41) is 9.29. The number of rotatable bonds is 9. The maximum absolute atomic E-state index is 11.7. The number of nitrogens with zero attached hydrogens (tertiary/aromatic N) is 1. The van der Waals surface area contributed by atoms with Crippen molar-refractivity contribution < 1.29 is 9.53 Å². The van der Waals surface area contributed by atoms with Gasteiger partial charge in [-0.1, -0.05) is 36.4 Å². The van der Waals surface area contributed by atoms with E-state index in [0.29, 0.717) is 18.7 Å². The van der Waals surface area contributed by atoms with E-state index in [2.05, 4.69) is 45.2 Å². The Morgan fingerprint density at radius 1 is 1.03 bits per heavy atom. The molecule has 0 radical (unpaired) electrons. The van der Waals surface area contributed by atoms with Crippen LogP contribution in [0.3, 0.4) is 0 Å². The largest absolute Gasteiger partial charge is 0.374 e. The lowest BCUT2D eigenvalue weighted by Gasteiger charge is -2.13. The fraction of sp³-hybridized carbons (Fsp3) is 0.391. The predicted octanol–water partition coefficient (Wildman–Crippen LogP) is 3.50. The van der Waals surface area contributed by atoms with Gasteiger partial charge in [0, 0.05) is 32.7 Å². The summed E-state index contributed by atoms with van der Waals surface area (Å²) in [7, 11) is 3.40. The summed E-state index contributed by atoms with van der Waals surface area (Å²) in [6, 6.07) is 16.0. The molecule has 0 aromatic heterocycles. The smallest absolute Gasteiger partial charge is 0.251 e. The molecule has 2 aromatic carbocycles. The summed E-state index contributed by atoms with van der Waals surface area (Å²) in [4.78, 5) is 16.0. The molecule has 7 heteroatoms. The van der Waals surface area contributed by atoms with Gasteiger partial charge in [0.05, 0.1) is 12.7 Å². The van der Waals surface area contributed by atoms with E-state index in [-0.39, 0.29) is 36.0 Å². The standard InChI is InChI=1S/C23H32N4O2.HI/c1-17(2)29-16-20-10-8-19(9-11-20)15-27-23(25-4)26-13-12-18-6-5-7-21(14-18)22(28)24-3;/h5-11,14,17H,12-13,15-16H2,1-4H3,(H,24,28)(H2,25,26,27);1H. The minimum Gasteiger partial charge on any atom is -0.374 e. The topological polar surface area (TPSA) is 74.8 Å². The summed E-state index contributed by atoms with van der Waals surface area (Å²) in [6.07, 6.45) is 1.04. The molecule has 0 atom stereocenters. The van der Waals surface area contributed by atoms with Crippen molar-refractivity contribution in [1.82, 2.24) is 16.0 Å². The molecule has 30 heavy (non-hydrogen) atoms. The van der Waals surface area contributed by atoms with E-state index in [9.17, 15) is 4.79 Å². The maximum atomic E-state index is 11.7. The quantitative estimate of drug-likeness (QED) is 0.267. The van der Waals surface area contributed by atoms with Gasteiger partial charge in [-0.3, -0.25) is 9.79 Å². The Morgan fingerprint density at radius 3 is 2.37 bits per heavy atom.